The lowest BCUT2D eigenvalue weighted by atomic mass is 10.2. The molecule has 2 N–H and O–H groups in total. The second-order valence-electron chi connectivity index (χ2n) is 2.81. The molecule has 0 spiro atoms. The van der Waals surface area contributed by atoms with Gasteiger partial charge in [-0.1, -0.05) is 11.3 Å². The summed E-state index contributed by atoms with van der Waals surface area (Å²) in [7, 11) is 1.73. The molecule has 0 unspecified atom stereocenters. The van der Waals surface area contributed by atoms with Crippen LogP contribution in [0.25, 0.3) is 0 Å². The van der Waals surface area contributed by atoms with Gasteiger partial charge in [0.15, 0.2) is 5.13 Å². The summed E-state index contributed by atoms with van der Waals surface area (Å²) in [6, 6.07) is 0. The zero-order valence-electron chi connectivity index (χ0n) is 6.86. The molecule has 2 rings (SSSR count). The summed E-state index contributed by atoms with van der Waals surface area (Å²) in [4.78, 5) is 6.33. The molecule has 0 bridgehead atoms. The molecule has 1 aliphatic heterocycles. The SMILES string of the molecule is COC1CN(c2ncc(N)s2)C1. The van der Waals surface area contributed by atoms with Crippen LogP contribution in [0.15, 0.2) is 6.20 Å². The number of hydrogen-bond donors (Lipinski definition) is 1. The molecule has 12 heavy (non-hydrogen) atoms. The number of nitrogen functional groups attached to an aromatic ring is 1. The van der Waals surface area contributed by atoms with Crippen molar-refractivity contribution in [1.29, 1.82) is 0 Å². The van der Waals surface area contributed by atoms with Gasteiger partial charge in [-0.2, -0.15) is 0 Å². The van der Waals surface area contributed by atoms with E-state index in [9.17, 15) is 0 Å². The third kappa shape index (κ3) is 1.25. The third-order valence-electron chi connectivity index (χ3n) is 1.96. The Morgan fingerprint density at radius 2 is 2.50 bits per heavy atom. The topological polar surface area (TPSA) is 51.4 Å². The number of methoxy groups -OCH3 is 1. The van der Waals surface area contributed by atoms with Crippen LogP contribution in [-0.4, -0.2) is 31.3 Å². The molecule has 1 aromatic heterocycles. The Balaban J connectivity index is 1.96. The second-order valence-corrected chi connectivity index (χ2v) is 3.85. The first-order valence-corrected chi connectivity index (χ1v) is 4.60. The highest BCUT2D eigenvalue weighted by atomic mass is 32.1. The van der Waals surface area contributed by atoms with Crippen LogP contribution < -0.4 is 10.6 Å². The van der Waals surface area contributed by atoms with Crippen LogP contribution in [0.5, 0.6) is 0 Å². The molecule has 0 radical (unpaired) electrons. The average Bonchev–Trinajstić information content (AvgIpc) is 2.34. The van der Waals surface area contributed by atoms with Crippen LogP contribution in [-0.2, 0) is 4.74 Å². The van der Waals surface area contributed by atoms with Crippen LogP contribution in [0.2, 0.25) is 0 Å². The number of nitrogens with two attached hydrogens (primary N) is 1. The summed E-state index contributed by atoms with van der Waals surface area (Å²) in [5, 5.41) is 1.77. The molecule has 5 heteroatoms. The summed E-state index contributed by atoms with van der Waals surface area (Å²) in [5.41, 5.74) is 5.56. The predicted octanol–water partition coefficient (Wildman–Crippen LogP) is 0.560. The number of thiazole rings is 1. The molecule has 0 atom stereocenters. The van der Waals surface area contributed by atoms with Crippen LogP contribution in [0.1, 0.15) is 0 Å². The Morgan fingerprint density at radius 1 is 1.75 bits per heavy atom. The minimum atomic E-state index is 0.370. The molecule has 4 nitrogen and oxygen atoms in total. The van der Waals surface area contributed by atoms with Crippen molar-refractivity contribution in [2.24, 2.45) is 0 Å². The Morgan fingerprint density at radius 3 is 3.00 bits per heavy atom. The van der Waals surface area contributed by atoms with Gasteiger partial charge in [-0.05, 0) is 0 Å². The minimum Gasteiger partial charge on any atom is -0.389 e. The molecule has 0 aliphatic carbocycles. The van der Waals surface area contributed by atoms with Gasteiger partial charge in [0.1, 0.15) is 5.00 Å². The zero-order valence-corrected chi connectivity index (χ0v) is 7.67. The highest BCUT2D eigenvalue weighted by Gasteiger charge is 2.28. The highest BCUT2D eigenvalue weighted by molar-refractivity contribution is 7.19. The first-order valence-electron chi connectivity index (χ1n) is 3.78. The lowest BCUT2D eigenvalue weighted by molar-refractivity contribution is 0.0787. The molecule has 66 valence electrons. The largest absolute Gasteiger partial charge is 0.389 e. The number of anilines is 2. The van der Waals surface area contributed by atoms with Crippen molar-refractivity contribution in [3.8, 4) is 0 Å². The number of ether oxygens (including phenoxy) is 1. The van der Waals surface area contributed by atoms with Gasteiger partial charge in [-0.3, -0.25) is 0 Å². The molecule has 1 saturated heterocycles. The molecule has 0 saturated carbocycles. The summed E-state index contributed by atoms with van der Waals surface area (Å²) in [6.45, 7) is 1.87. The fourth-order valence-corrected chi connectivity index (χ4v) is 1.87. The molecule has 1 aromatic rings. The summed E-state index contributed by atoms with van der Waals surface area (Å²) < 4.78 is 5.15. The summed E-state index contributed by atoms with van der Waals surface area (Å²) in [6.07, 6.45) is 2.07. The molecular weight excluding hydrogens is 174 g/mol. The average molecular weight is 185 g/mol. The van der Waals surface area contributed by atoms with Gasteiger partial charge in [0.05, 0.1) is 12.3 Å². The molecule has 0 amide bonds. The molecule has 0 aromatic carbocycles. The van der Waals surface area contributed by atoms with Gasteiger partial charge in [0.2, 0.25) is 0 Å². The number of nitrogens with zero attached hydrogens (tertiary/aromatic N) is 2. The van der Waals surface area contributed by atoms with Gasteiger partial charge in [0, 0.05) is 20.2 Å². The van der Waals surface area contributed by atoms with Crippen molar-refractivity contribution in [3.05, 3.63) is 6.20 Å². The van der Waals surface area contributed by atoms with Crippen LogP contribution in [0.3, 0.4) is 0 Å². The first-order chi connectivity index (χ1) is 5.79. The van der Waals surface area contributed by atoms with E-state index >= 15 is 0 Å². The van der Waals surface area contributed by atoms with Crippen molar-refractivity contribution in [2.75, 3.05) is 30.8 Å². The number of hydrogen-bond acceptors (Lipinski definition) is 5. The van der Waals surface area contributed by atoms with Crippen LogP contribution in [0.4, 0.5) is 10.1 Å². The van der Waals surface area contributed by atoms with Gasteiger partial charge in [-0.25, -0.2) is 4.98 Å². The zero-order chi connectivity index (χ0) is 8.55. The van der Waals surface area contributed by atoms with Gasteiger partial charge in [0.25, 0.3) is 0 Å². The fourth-order valence-electron chi connectivity index (χ4n) is 1.17. The van der Waals surface area contributed by atoms with E-state index in [1.54, 1.807) is 13.3 Å². The van der Waals surface area contributed by atoms with Crippen molar-refractivity contribution in [1.82, 2.24) is 4.98 Å². The van der Waals surface area contributed by atoms with Gasteiger partial charge in [-0.15, -0.1) is 0 Å². The standard InChI is InChI=1S/C7H11N3OS/c1-11-5-3-10(4-5)7-9-2-6(8)12-7/h2,5H,3-4,8H2,1H3. The monoisotopic (exact) mass is 185 g/mol. The normalized spacial score (nSPS) is 17.9. The van der Waals surface area contributed by atoms with Crippen molar-refractivity contribution < 1.29 is 4.74 Å². The maximum atomic E-state index is 5.56. The van der Waals surface area contributed by atoms with E-state index in [4.69, 9.17) is 10.5 Å². The Kier molecular flexibility index (Phi) is 1.90. The van der Waals surface area contributed by atoms with Crippen molar-refractivity contribution in [2.45, 2.75) is 6.10 Å². The van der Waals surface area contributed by atoms with Crippen LogP contribution >= 0.6 is 11.3 Å². The van der Waals surface area contributed by atoms with Gasteiger partial charge < -0.3 is 15.4 Å². The molecule has 2 heterocycles. The summed E-state index contributed by atoms with van der Waals surface area (Å²) in [5.74, 6) is 0. The highest BCUT2D eigenvalue weighted by Crippen LogP contribution is 2.28. The second kappa shape index (κ2) is 2.91. The Labute approximate surface area is 75.0 Å². The van der Waals surface area contributed by atoms with Crippen molar-refractivity contribution in [3.63, 3.8) is 0 Å². The number of rotatable bonds is 2. The Bertz CT molecular complexity index is 269. The lowest BCUT2D eigenvalue weighted by Gasteiger charge is -2.37. The van der Waals surface area contributed by atoms with E-state index in [2.05, 4.69) is 9.88 Å². The fraction of sp³-hybridized carbons (Fsp3) is 0.571. The van der Waals surface area contributed by atoms with E-state index in [-0.39, 0.29) is 0 Å². The maximum absolute atomic E-state index is 5.56. The van der Waals surface area contributed by atoms with Crippen molar-refractivity contribution >= 4 is 21.5 Å². The Hall–Kier alpha value is -0.810. The quantitative estimate of drug-likeness (QED) is 0.731. The predicted molar refractivity (Wildman–Crippen MR) is 49.5 cm³/mol. The maximum Gasteiger partial charge on any atom is 0.187 e. The van der Waals surface area contributed by atoms with E-state index < -0.39 is 0 Å². The molecular formula is C7H11N3OS. The summed E-state index contributed by atoms with van der Waals surface area (Å²) >= 11 is 1.52. The molecule has 1 aliphatic rings. The van der Waals surface area contributed by atoms with E-state index in [1.165, 1.54) is 11.3 Å². The van der Waals surface area contributed by atoms with Gasteiger partial charge >= 0.3 is 0 Å². The van der Waals surface area contributed by atoms with Crippen LogP contribution in [0, 0.1) is 0 Å². The van der Waals surface area contributed by atoms with E-state index in [1.807, 2.05) is 0 Å². The lowest BCUT2D eigenvalue weighted by Crippen LogP contribution is -2.51. The van der Waals surface area contributed by atoms with E-state index in [0.29, 0.717) is 6.10 Å². The minimum absolute atomic E-state index is 0.370. The first kappa shape index (κ1) is 7.82. The third-order valence-corrected chi connectivity index (χ3v) is 2.85. The van der Waals surface area contributed by atoms with E-state index in [0.717, 1.165) is 23.2 Å². The number of aromatic nitrogens is 1. The molecule has 1 fully saturated rings. The smallest absolute Gasteiger partial charge is 0.187 e.